The average Bonchev–Trinajstić information content (AvgIpc) is 1.71. The molecule has 0 spiro atoms. The Labute approximate surface area is 581 Å². The monoisotopic (exact) mass is 1400 g/mol. The summed E-state index contributed by atoms with van der Waals surface area (Å²) in [5.74, 6) is 0.154. The number of hydrogen-bond acceptors (Lipinski definition) is 15. The molecule has 0 bridgehead atoms. The Bertz CT molecular complexity index is 1850. The van der Waals surface area contributed by atoms with E-state index in [1.807, 2.05) is 0 Å². The molecular formula is C76H148O17P2. The number of carbonyl (C=O) groups excluding carboxylic acids is 4. The van der Waals surface area contributed by atoms with Gasteiger partial charge in [-0.1, -0.05) is 337 Å². The normalized spacial score (nSPS) is 14.4. The fourth-order valence-corrected chi connectivity index (χ4v) is 13.1. The number of rotatable bonds is 74. The van der Waals surface area contributed by atoms with Gasteiger partial charge in [0, 0.05) is 25.7 Å². The molecule has 0 aliphatic rings. The maximum Gasteiger partial charge on any atom is 0.472 e. The molecule has 0 aliphatic heterocycles. The van der Waals surface area contributed by atoms with Crippen LogP contribution in [-0.4, -0.2) is 96.7 Å². The molecule has 19 heteroatoms. The summed E-state index contributed by atoms with van der Waals surface area (Å²) in [7, 11) is -9.91. The predicted molar refractivity (Wildman–Crippen MR) is 386 cm³/mol. The van der Waals surface area contributed by atoms with E-state index in [1.165, 1.54) is 199 Å². The lowest BCUT2D eigenvalue weighted by atomic mass is 9.99. The van der Waals surface area contributed by atoms with Gasteiger partial charge in [-0.25, -0.2) is 9.13 Å². The van der Waals surface area contributed by atoms with Crippen molar-refractivity contribution in [3.05, 3.63) is 0 Å². The molecule has 0 aromatic heterocycles. The van der Waals surface area contributed by atoms with Gasteiger partial charge in [0.05, 0.1) is 26.4 Å². The molecule has 0 saturated heterocycles. The van der Waals surface area contributed by atoms with Crippen LogP contribution in [0.25, 0.3) is 0 Å². The molecule has 0 heterocycles. The molecule has 0 aromatic carbocycles. The molecule has 6 atom stereocenters. The van der Waals surface area contributed by atoms with Gasteiger partial charge in [-0.2, -0.15) is 0 Å². The molecule has 0 radical (unpaired) electrons. The van der Waals surface area contributed by atoms with Crippen LogP contribution >= 0.6 is 15.6 Å². The number of carbonyl (C=O) groups is 4. The van der Waals surface area contributed by atoms with Crippen molar-refractivity contribution in [2.75, 3.05) is 39.6 Å². The van der Waals surface area contributed by atoms with Gasteiger partial charge in [-0.15, -0.1) is 0 Å². The van der Waals surface area contributed by atoms with E-state index in [0.717, 1.165) is 108 Å². The summed E-state index contributed by atoms with van der Waals surface area (Å²) in [4.78, 5) is 72.8. The van der Waals surface area contributed by atoms with E-state index in [-0.39, 0.29) is 25.7 Å². The summed E-state index contributed by atoms with van der Waals surface area (Å²) in [6.07, 6.45) is 52.7. The summed E-state index contributed by atoms with van der Waals surface area (Å²) in [6.45, 7) is 11.9. The number of unbranched alkanes of at least 4 members (excludes halogenated alkanes) is 41. The smallest absolute Gasteiger partial charge is 0.462 e. The number of phosphoric acid groups is 2. The molecule has 95 heavy (non-hydrogen) atoms. The SMILES string of the molecule is CCCCCCCCCCCCCCCCCCCCC(=O)O[C@H](COC(=O)CCCCCCCCCCCCC(C)C)COP(=O)(O)OC[C@@H](O)COP(=O)(O)OC[C@@H](COC(=O)CCCCCCCCCCC(C)CC)OC(=O)CCCCCCCCCCCC(C)C. The van der Waals surface area contributed by atoms with Crippen LogP contribution in [0.1, 0.15) is 389 Å². The minimum atomic E-state index is -4.96. The molecular weight excluding hydrogens is 1250 g/mol. The zero-order valence-corrected chi connectivity index (χ0v) is 63.9. The fraction of sp³-hybridized carbons (Fsp3) is 0.947. The second kappa shape index (κ2) is 66.6. The van der Waals surface area contributed by atoms with Crippen molar-refractivity contribution in [3.63, 3.8) is 0 Å². The van der Waals surface area contributed by atoms with E-state index < -0.39 is 97.5 Å². The average molecular weight is 1400 g/mol. The van der Waals surface area contributed by atoms with E-state index in [9.17, 15) is 43.2 Å². The van der Waals surface area contributed by atoms with Crippen LogP contribution in [0, 0.1) is 17.8 Å². The molecule has 3 unspecified atom stereocenters. The number of aliphatic hydroxyl groups excluding tert-OH is 1. The minimum Gasteiger partial charge on any atom is -0.462 e. The van der Waals surface area contributed by atoms with Crippen LogP contribution in [0.2, 0.25) is 0 Å². The second-order valence-electron chi connectivity index (χ2n) is 28.6. The van der Waals surface area contributed by atoms with E-state index in [2.05, 4.69) is 48.5 Å². The lowest BCUT2D eigenvalue weighted by molar-refractivity contribution is -0.161. The number of esters is 4. The van der Waals surface area contributed by atoms with Gasteiger partial charge in [0.2, 0.25) is 0 Å². The molecule has 0 fully saturated rings. The lowest BCUT2D eigenvalue weighted by Gasteiger charge is -2.21. The van der Waals surface area contributed by atoms with E-state index in [0.29, 0.717) is 25.7 Å². The molecule has 0 rings (SSSR count). The van der Waals surface area contributed by atoms with Gasteiger partial charge < -0.3 is 33.8 Å². The quantitative estimate of drug-likeness (QED) is 0.0222. The van der Waals surface area contributed by atoms with Crippen LogP contribution in [0.15, 0.2) is 0 Å². The zero-order valence-electron chi connectivity index (χ0n) is 62.1. The number of phosphoric ester groups is 2. The molecule has 564 valence electrons. The lowest BCUT2D eigenvalue weighted by Crippen LogP contribution is -2.30. The van der Waals surface area contributed by atoms with Crippen molar-refractivity contribution < 1.29 is 80.2 Å². The van der Waals surface area contributed by atoms with Crippen molar-refractivity contribution in [1.82, 2.24) is 0 Å². The standard InChI is InChI=1S/C76H148O17P2/c1-8-10-11-12-13-14-15-16-17-18-19-20-21-22-29-38-45-52-59-75(80)92-71(63-86-73(78)57-50-43-36-28-24-23-26-33-40-47-54-67(3)4)65-90-94(82,83)88-61-70(77)62-89-95(84,85)91-66-72(93-76(81)60-53-46-39-30-25-27-34-41-48-55-68(5)6)64-87-74(79)58-51-44-37-32-31-35-42-49-56-69(7)9-2/h67-72,77H,8-66H2,1-7H3,(H,82,83)(H,84,85)/t69?,70-,71-,72-/m1/s1. The van der Waals surface area contributed by atoms with Crippen molar-refractivity contribution in [3.8, 4) is 0 Å². The molecule has 0 aromatic rings. The third-order valence-electron chi connectivity index (χ3n) is 18.0. The number of aliphatic hydroxyl groups is 1. The van der Waals surface area contributed by atoms with Gasteiger partial charge in [-0.3, -0.25) is 37.3 Å². The Hall–Kier alpha value is -1.94. The van der Waals surface area contributed by atoms with E-state index in [1.54, 1.807) is 0 Å². The topological polar surface area (TPSA) is 237 Å². The summed E-state index contributed by atoms with van der Waals surface area (Å²) < 4.78 is 68.5. The summed E-state index contributed by atoms with van der Waals surface area (Å²) in [5, 5.41) is 10.6. The van der Waals surface area contributed by atoms with Gasteiger partial charge in [0.1, 0.15) is 19.3 Å². The Balaban J connectivity index is 5.25. The number of ether oxygens (including phenoxy) is 4. The van der Waals surface area contributed by atoms with Crippen molar-refractivity contribution >= 4 is 39.5 Å². The largest absolute Gasteiger partial charge is 0.472 e. The molecule has 0 saturated carbocycles. The molecule has 0 aliphatic carbocycles. The maximum atomic E-state index is 13.1. The first kappa shape index (κ1) is 93.1. The third kappa shape index (κ3) is 69.0. The van der Waals surface area contributed by atoms with Crippen molar-refractivity contribution in [1.29, 1.82) is 0 Å². The summed E-state index contributed by atoms with van der Waals surface area (Å²) >= 11 is 0. The Morgan fingerprint density at radius 1 is 0.305 bits per heavy atom. The second-order valence-corrected chi connectivity index (χ2v) is 31.5. The predicted octanol–water partition coefficient (Wildman–Crippen LogP) is 22.2. The highest BCUT2D eigenvalue weighted by Crippen LogP contribution is 2.45. The van der Waals surface area contributed by atoms with Gasteiger partial charge in [0.25, 0.3) is 0 Å². The van der Waals surface area contributed by atoms with Crippen molar-refractivity contribution in [2.45, 2.75) is 407 Å². The van der Waals surface area contributed by atoms with Crippen LogP contribution in [0.5, 0.6) is 0 Å². The molecule has 3 N–H and O–H groups in total. The van der Waals surface area contributed by atoms with E-state index >= 15 is 0 Å². The van der Waals surface area contributed by atoms with Crippen molar-refractivity contribution in [2.24, 2.45) is 17.8 Å². The highest BCUT2D eigenvalue weighted by atomic mass is 31.2. The highest BCUT2D eigenvalue weighted by molar-refractivity contribution is 7.47. The third-order valence-corrected chi connectivity index (χ3v) is 19.9. The van der Waals surface area contributed by atoms with E-state index in [4.69, 9.17) is 37.0 Å². The highest BCUT2D eigenvalue weighted by Gasteiger charge is 2.30. The van der Waals surface area contributed by atoms with Crippen LogP contribution in [-0.2, 0) is 65.4 Å². The molecule has 17 nitrogen and oxygen atoms in total. The Kier molecular flexibility index (Phi) is 65.2. The van der Waals surface area contributed by atoms with Crippen LogP contribution in [0.4, 0.5) is 0 Å². The van der Waals surface area contributed by atoms with Gasteiger partial charge in [-0.05, 0) is 43.4 Å². The molecule has 0 amide bonds. The summed E-state index contributed by atoms with van der Waals surface area (Å²) in [5.41, 5.74) is 0. The van der Waals surface area contributed by atoms with Gasteiger partial charge >= 0.3 is 39.5 Å². The Morgan fingerprint density at radius 2 is 0.537 bits per heavy atom. The fourth-order valence-electron chi connectivity index (χ4n) is 11.6. The first-order valence-electron chi connectivity index (χ1n) is 39.4. The minimum absolute atomic E-state index is 0.105. The zero-order chi connectivity index (χ0) is 70.1. The number of hydrogen-bond donors (Lipinski definition) is 3. The summed E-state index contributed by atoms with van der Waals surface area (Å²) in [6, 6.07) is 0. The first-order valence-corrected chi connectivity index (χ1v) is 42.4. The maximum absolute atomic E-state index is 13.1. The Morgan fingerprint density at radius 3 is 0.800 bits per heavy atom. The van der Waals surface area contributed by atoms with Crippen LogP contribution < -0.4 is 0 Å². The van der Waals surface area contributed by atoms with Crippen LogP contribution in [0.3, 0.4) is 0 Å². The van der Waals surface area contributed by atoms with Gasteiger partial charge in [0.15, 0.2) is 12.2 Å². The first-order chi connectivity index (χ1) is 45.8.